The molecule has 32 heavy (non-hydrogen) atoms. The van der Waals surface area contributed by atoms with Crippen LogP contribution in [0.25, 0.3) is 11.1 Å². The van der Waals surface area contributed by atoms with E-state index in [1.807, 2.05) is 12.1 Å². The van der Waals surface area contributed by atoms with Crippen molar-refractivity contribution >= 4 is 11.1 Å². The Morgan fingerprint density at radius 1 is 0.594 bits per heavy atom. The molecular weight excluding hydrogens is 392 g/mol. The van der Waals surface area contributed by atoms with Crippen LogP contribution in [0.5, 0.6) is 5.75 Å². The first-order valence-electron chi connectivity index (χ1n) is 11.1. The van der Waals surface area contributed by atoms with Gasteiger partial charge in [0.1, 0.15) is 12.4 Å². The van der Waals surface area contributed by atoms with Crippen LogP contribution in [-0.2, 0) is 6.42 Å². The zero-order valence-electron chi connectivity index (χ0n) is 18.2. The first-order chi connectivity index (χ1) is 15.8. The molecule has 0 heterocycles. The van der Waals surface area contributed by atoms with Crippen molar-refractivity contribution in [3.8, 4) is 5.75 Å². The Morgan fingerprint density at radius 2 is 1.12 bits per heavy atom. The predicted octanol–water partition coefficient (Wildman–Crippen LogP) is 6.65. The van der Waals surface area contributed by atoms with Gasteiger partial charge in [-0.05, 0) is 58.4 Å². The van der Waals surface area contributed by atoms with Gasteiger partial charge in [-0.25, -0.2) is 0 Å². The van der Waals surface area contributed by atoms with Crippen molar-refractivity contribution in [2.75, 3.05) is 13.2 Å². The summed E-state index contributed by atoms with van der Waals surface area (Å²) in [5.41, 5.74) is 7.48. The molecule has 160 valence electrons. The van der Waals surface area contributed by atoms with Crippen molar-refractivity contribution in [1.82, 2.24) is 0 Å². The highest BCUT2D eigenvalue weighted by Gasteiger charge is 2.14. The van der Waals surface area contributed by atoms with E-state index in [-0.39, 0.29) is 6.61 Å². The number of ether oxygens (including phenoxy) is 1. The van der Waals surface area contributed by atoms with Crippen LogP contribution < -0.4 is 4.74 Å². The molecule has 0 saturated heterocycles. The molecule has 0 unspecified atom stereocenters. The molecule has 2 nitrogen and oxygen atoms in total. The van der Waals surface area contributed by atoms with Gasteiger partial charge in [-0.15, -0.1) is 0 Å². The Balaban J connectivity index is 1.81. The van der Waals surface area contributed by atoms with Gasteiger partial charge in [0.15, 0.2) is 0 Å². The third-order valence-electron chi connectivity index (χ3n) is 5.50. The molecule has 0 saturated carbocycles. The van der Waals surface area contributed by atoms with Gasteiger partial charge >= 0.3 is 0 Å². The van der Waals surface area contributed by atoms with Crippen LogP contribution in [0.3, 0.4) is 0 Å². The van der Waals surface area contributed by atoms with Crippen LogP contribution in [0.15, 0.2) is 115 Å². The molecular formula is C30H28O2. The largest absolute Gasteiger partial charge is 0.491 e. The predicted molar refractivity (Wildman–Crippen MR) is 133 cm³/mol. The summed E-state index contributed by atoms with van der Waals surface area (Å²) in [7, 11) is 0. The van der Waals surface area contributed by atoms with E-state index in [1.54, 1.807) is 0 Å². The number of aliphatic hydroxyl groups excluding tert-OH is 1. The molecule has 0 bridgehead atoms. The number of rotatable bonds is 9. The normalized spacial score (nSPS) is 11.7. The summed E-state index contributed by atoms with van der Waals surface area (Å²) in [4.78, 5) is 0. The third kappa shape index (κ3) is 5.54. The molecule has 0 amide bonds. The van der Waals surface area contributed by atoms with Crippen molar-refractivity contribution < 1.29 is 9.84 Å². The number of aliphatic hydroxyl groups is 1. The van der Waals surface area contributed by atoms with Gasteiger partial charge in [0.25, 0.3) is 0 Å². The van der Waals surface area contributed by atoms with Crippen molar-refractivity contribution in [1.29, 1.82) is 0 Å². The highest BCUT2D eigenvalue weighted by molar-refractivity contribution is 5.98. The molecule has 2 heteroatoms. The minimum Gasteiger partial charge on any atom is -0.491 e. The van der Waals surface area contributed by atoms with E-state index in [4.69, 9.17) is 9.84 Å². The van der Waals surface area contributed by atoms with Gasteiger partial charge in [-0.2, -0.15) is 0 Å². The fraction of sp³-hybridized carbons (Fsp3) is 0.133. The monoisotopic (exact) mass is 420 g/mol. The Morgan fingerprint density at radius 3 is 1.72 bits per heavy atom. The Bertz CT molecular complexity index is 1120. The first-order valence-corrected chi connectivity index (χ1v) is 11.1. The quantitative estimate of drug-likeness (QED) is 0.307. The van der Waals surface area contributed by atoms with Gasteiger partial charge < -0.3 is 9.84 Å². The molecule has 0 radical (unpaired) electrons. The van der Waals surface area contributed by atoms with Crippen LogP contribution in [0.2, 0.25) is 0 Å². The summed E-state index contributed by atoms with van der Waals surface area (Å²) >= 11 is 0. The van der Waals surface area contributed by atoms with Crippen LogP contribution in [0.1, 0.15) is 28.7 Å². The minimum atomic E-state index is 0.00849. The maximum absolute atomic E-state index is 9.04. The molecule has 0 aliphatic carbocycles. The summed E-state index contributed by atoms with van der Waals surface area (Å²) in [5.74, 6) is 0.765. The lowest BCUT2D eigenvalue weighted by atomic mass is 9.86. The van der Waals surface area contributed by atoms with Gasteiger partial charge in [0.2, 0.25) is 0 Å². The van der Waals surface area contributed by atoms with E-state index >= 15 is 0 Å². The summed E-state index contributed by atoms with van der Waals surface area (Å²) in [5, 5.41) is 9.04. The van der Waals surface area contributed by atoms with E-state index in [1.165, 1.54) is 27.8 Å². The van der Waals surface area contributed by atoms with Gasteiger partial charge in [0.05, 0.1) is 6.61 Å². The van der Waals surface area contributed by atoms with Gasteiger partial charge in [0, 0.05) is 0 Å². The molecule has 4 rings (SSSR count). The summed E-state index contributed by atoms with van der Waals surface area (Å²) in [6.07, 6.45) is 1.90. The average Bonchev–Trinajstić information content (AvgIpc) is 2.87. The highest BCUT2D eigenvalue weighted by Crippen LogP contribution is 2.35. The second-order valence-corrected chi connectivity index (χ2v) is 7.67. The van der Waals surface area contributed by atoms with E-state index < -0.39 is 0 Å². The molecule has 0 atom stereocenters. The lowest BCUT2D eigenvalue weighted by Gasteiger charge is -2.18. The van der Waals surface area contributed by atoms with Crippen molar-refractivity contribution in [3.05, 3.63) is 138 Å². The molecule has 0 aliphatic heterocycles. The number of allylic oxidation sites excluding steroid dienone is 1. The first kappa shape index (κ1) is 21.6. The van der Waals surface area contributed by atoms with Crippen molar-refractivity contribution in [2.45, 2.75) is 12.8 Å². The lowest BCUT2D eigenvalue weighted by molar-refractivity contribution is 0.201. The molecule has 4 aromatic rings. The zero-order chi connectivity index (χ0) is 22.0. The summed E-state index contributed by atoms with van der Waals surface area (Å²) in [6, 6.07) is 40.1. The van der Waals surface area contributed by atoms with E-state index in [0.29, 0.717) is 6.61 Å². The van der Waals surface area contributed by atoms with E-state index in [9.17, 15) is 0 Å². The zero-order valence-corrected chi connectivity index (χ0v) is 18.2. The number of benzene rings is 4. The Labute approximate surface area is 190 Å². The fourth-order valence-corrected chi connectivity index (χ4v) is 3.97. The average molecular weight is 421 g/mol. The standard InChI is InChI=1S/C30H28O2/c31-22-23-32-28-19-17-27(18-20-28)30(26-14-8-3-9-15-26)29(25-12-6-2-7-13-25)21-16-24-10-4-1-5-11-24/h1-15,17-20,31H,16,21-23H2/b30-29-. The second-order valence-electron chi connectivity index (χ2n) is 7.67. The van der Waals surface area contributed by atoms with Gasteiger partial charge in [-0.1, -0.05) is 103 Å². The lowest BCUT2D eigenvalue weighted by Crippen LogP contribution is -2.02. The topological polar surface area (TPSA) is 29.5 Å². The van der Waals surface area contributed by atoms with E-state index in [2.05, 4.69) is 103 Å². The van der Waals surface area contributed by atoms with Crippen LogP contribution >= 0.6 is 0 Å². The molecule has 4 aromatic carbocycles. The number of hydrogen-bond acceptors (Lipinski definition) is 2. The minimum absolute atomic E-state index is 0.00849. The molecule has 0 aromatic heterocycles. The molecule has 0 fully saturated rings. The van der Waals surface area contributed by atoms with E-state index in [0.717, 1.165) is 24.2 Å². The smallest absolute Gasteiger partial charge is 0.119 e. The maximum Gasteiger partial charge on any atom is 0.119 e. The SMILES string of the molecule is OCCOc1ccc(/C(=C(/CCc2ccccc2)c2ccccc2)c2ccccc2)cc1. The van der Waals surface area contributed by atoms with Crippen molar-refractivity contribution in [3.63, 3.8) is 0 Å². The summed E-state index contributed by atoms with van der Waals surface area (Å²) in [6.45, 7) is 0.307. The second kappa shape index (κ2) is 11.1. The maximum atomic E-state index is 9.04. The third-order valence-corrected chi connectivity index (χ3v) is 5.50. The molecule has 0 aliphatic rings. The van der Waals surface area contributed by atoms with Gasteiger partial charge in [-0.3, -0.25) is 0 Å². The Hall–Kier alpha value is -3.62. The number of aryl methyl sites for hydroxylation is 1. The van der Waals surface area contributed by atoms with Crippen LogP contribution in [-0.4, -0.2) is 18.3 Å². The summed E-state index contributed by atoms with van der Waals surface area (Å²) < 4.78 is 5.58. The van der Waals surface area contributed by atoms with Crippen molar-refractivity contribution in [2.24, 2.45) is 0 Å². The molecule has 0 spiro atoms. The highest BCUT2D eigenvalue weighted by atomic mass is 16.5. The molecule has 1 N–H and O–H groups in total. The fourth-order valence-electron chi connectivity index (χ4n) is 3.97. The Kier molecular flexibility index (Phi) is 7.51. The van der Waals surface area contributed by atoms with Crippen LogP contribution in [0.4, 0.5) is 0 Å². The van der Waals surface area contributed by atoms with Crippen LogP contribution in [0, 0.1) is 0 Å². The number of hydrogen-bond donors (Lipinski definition) is 1.